The Hall–Kier alpha value is -0.730. The standard InChI is InChI=1S/C12H13Cl2NO/c1-3-6(2)10-8-4-7(13)5-9(14)11(8)15-12(10)16/h4-6,10H,3H2,1-2H3,(H,15,16). The molecule has 0 bridgehead atoms. The highest BCUT2D eigenvalue weighted by atomic mass is 35.5. The van der Waals surface area contributed by atoms with Gasteiger partial charge in [-0.25, -0.2) is 0 Å². The summed E-state index contributed by atoms with van der Waals surface area (Å²) >= 11 is 12.0. The number of halogens is 2. The van der Waals surface area contributed by atoms with Crippen LogP contribution in [0.4, 0.5) is 5.69 Å². The average molecular weight is 258 g/mol. The van der Waals surface area contributed by atoms with Gasteiger partial charge in [0.15, 0.2) is 0 Å². The average Bonchev–Trinajstić information content (AvgIpc) is 2.54. The van der Waals surface area contributed by atoms with Crippen molar-refractivity contribution in [3.05, 3.63) is 27.7 Å². The molecular formula is C12H13Cl2NO. The Bertz CT molecular complexity index is 445. The minimum Gasteiger partial charge on any atom is -0.324 e. The first-order valence-electron chi connectivity index (χ1n) is 5.34. The molecule has 1 aliphatic rings. The van der Waals surface area contributed by atoms with Crippen LogP contribution in [0.25, 0.3) is 0 Å². The summed E-state index contributed by atoms with van der Waals surface area (Å²) in [6.45, 7) is 4.14. The normalized spacial score (nSPS) is 20.5. The smallest absolute Gasteiger partial charge is 0.232 e. The van der Waals surface area contributed by atoms with Gasteiger partial charge in [-0.05, 0) is 23.6 Å². The number of hydrogen-bond donors (Lipinski definition) is 1. The van der Waals surface area contributed by atoms with E-state index in [0.717, 1.165) is 17.7 Å². The van der Waals surface area contributed by atoms with Crippen molar-refractivity contribution in [2.24, 2.45) is 5.92 Å². The number of rotatable bonds is 2. The van der Waals surface area contributed by atoms with Gasteiger partial charge in [-0.2, -0.15) is 0 Å². The van der Waals surface area contributed by atoms with E-state index in [2.05, 4.69) is 19.2 Å². The summed E-state index contributed by atoms with van der Waals surface area (Å²) in [7, 11) is 0. The molecule has 2 nitrogen and oxygen atoms in total. The molecule has 0 fully saturated rings. The molecule has 2 rings (SSSR count). The Kier molecular flexibility index (Phi) is 3.13. The van der Waals surface area contributed by atoms with Gasteiger partial charge in [0.2, 0.25) is 5.91 Å². The molecule has 0 aliphatic carbocycles. The first-order valence-corrected chi connectivity index (χ1v) is 6.10. The lowest BCUT2D eigenvalue weighted by molar-refractivity contribution is -0.118. The quantitative estimate of drug-likeness (QED) is 0.850. The van der Waals surface area contributed by atoms with Crippen LogP contribution in [0.5, 0.6) is 0 Å². The molecule has 0 saturated carbocycles. The maximum Gasteiger partial charge on any atom is 0.232 e. The molecule has 2 atom stereocenters. The zero-order valence-electron chi connectivity index (χ0n) is 9.18. The van der Waals surface area contributed by atoms with Gasteiger partial charge in [0.1, 0.15) is 0 Å². The second kappa shape index (κ2) is 4.27. The number of amides is 1. The van der Waals surface area contributed by atoms with Crippen molar-refractivity contribution in [3.8, 4) is 0 Å². The van der Waals surface area contributed by atoms with Crippen LogP contribution in [0.1, 0.15) is 31.7 Å². The number of anilines is 1. The van der Waals surface area contributed by atoms with Crippen molar-refractivity contribution in [1.82, 2.24) is 0 Å². The summed E-state index contributed by atoms with van der Waals surface area (Å²) in [4.78, 5) is 11.9. The van der Waals surface area contributed by atoms with E-state index in [1.807, 2.05) is 6.07 Å². The van der Waals surface area contributed by atoms with Gasteiger partial charge in [-0.15, -0.1) is 0 Å². The highest BCUT2D eigenvalue weighted by Gasteiger charge is 2.35. The number of carbonyl (C=O) groups excluding carboxylic acids is 1. The number of hydrogen-bond acceptors (Lipinski definition) is 1. The van der Waals surface area contributed by atoms with Crippen molar-refractivity contribution in [1.29, 1.82) is 0 Å². The van der Waals surface area contributed by atoms with Gasteiger partial charge in [-0.1, -0.05) is 43.5 Å². The Morgan fingerprint density at radius 1 is 1.44 bits per heavy atom. The molecule has 0 radical (unpaired) electrons. The molecule has 0 aromatic heterocycles. The highest BCUT2D eigenvalue weighted by molar-refractivity contribution is 6.37. The van der Waals surface area contributed by atoms with Gasteiger partial charge in [0.25, 0.3) is 0 Å². The number of benzene rings is 1. The van der Waals surface area contributed by atoms with Crippen LogP contribution in [0.2, 0.25) is 10.0 Å². The van der Waals surface area contributed by atoms with Gasteiger partial charge in [0.05, 0.1) is 16.6 Å². The molecule has 1 aromatic carbocycles. The van der Waals surface area contributed by atoms with E-state index in [1.165, 1.54) is 0 Å². The monoisotopic (exact) mass is 257 g/mol. The second-order valence-electron chi connectivity index (χ2n) is 4.20. The Labute approximate surface area is 105 Å². The van der Waals surface area contributed by atoms with Crippen LogP contribution < -0.4 is 5.32 Å². The van der Waals surface area contributed by atoms with Gasteiger partial charge < -0.3 is 5.32 Å². The van der Waals surface area contributed by atoms with Crippen molar-refractivity contribution in [2.75, 3.05) is 5.32 Å². The van der Waals surface area contributed by atoms with E-state index in [4.69, 9.17) is 23.2 Å². The number of fused-ring (bicyclic) bond motifs is 1. The molecule has 0 saturated heterocycles. The van der Waals surface area contributed by atoms with E-state index in [1.54, 1.807) is 6.07 Å². The molecule has 2 unspecified atom stereocenters. The molecule has 1 N–H and O–H groups in total. The van der Waals surface area contributed by atoms with Crippen LogP contribution in [0.15, 0.2) is 12.1 Å². The second-order valence-corrected chi connectivity index (χ2v) is 5.05. The van der Waals surface area contributed by atoms with E-state index in [9.17, 15) is 4.79 Å². The summed E-state index contributed by atoms with van der Waals surface area (Å²) in [5.74, 6) is 0.181. The molecule has 0 spiro atoms. The van der Waals surface area contributed by atoms with Crippen molar-refractivity contribution in [3.63, 3.8) is 0 Å². The minimum atomic E-state index is -0.129. The maximum atomic E-state index is 11.9. The third-order valence-electron chi connectivity index (χ3n) is 3.16. The molecule has 1 aliphatic heterocycles. The topological polar surface area (TPSA) is 29.1 Å². The SMILES string of the molecule is CCC(C)C1C(=O)Nc2c(Cl)cc(Cl)cc21. The lowest BCUT2D eigenvalue weighted by Gasteiger charge is -2.15. The van der Waals surface area contributed by atoms with Gasteiger partial charge in [0, 0.05) is 5.02 Å². The van der Waals surface area contributed by atoms with Crippen LogP contribution in [-0.4, -0.2) is 5.91 Å². The summed E-state index contributed by atoms with van der Waals surface area (Å²) in [5.41, 5.74) is 1.65. The molecule has 4 heteroatoms. The lowest BCUT2D eigenvalue weighted by atomic mass is 9.87. The van der Waals surface area contributed by atoms with Crippen LogP contribution in [-0.2, 0) is 4.79 Å². The van der Waals surface area contributed by atoms with Crippen molar-refractivity contribution >= 4 is 34.8 Å². The maximum absolute atomic E-state index is 11.9. The summed E-state index contributed by atoms with van der Waals surface area (Å²) < 4.78 is 0. The predicted octanol–water partition coefficient (Wildman–Crippen LogP) is 4.08. The van der Waals surface area contributed by atoms with E-state index in [-0.39, 0.29) is 17.7 Å². The lowest BCUT2D eigenvalue weighted by Crippen LogP contribution is -2.18. The van der Waals surface area contributed by atoms with E-state index >= 15 is 0 Å². The molecule has 16 heavy (non-hydrogen) atoms. The molecular weight excluding hydrogens is 245 g/mol. The number of carbonyl (C=O) groups is 1. The predicted molar refractivity (Wildman–Crippen MR) is 67.3 cm³/mol. The Morgan fingerprint density at radius 3 is 2.75 bits per heavy atom. The van der Waals surface area contributed by atoms with E-state index < -0.39 is 0 Å². The third kappa shape index (κ3) is 1.80. The summed E-state index contributed by atoms with van der Waals surface area (Å²) in [5, 5.41) is 3.92. The van der Waals surface area contributed by atoms with E-state index in [0.29, 0.717) is 10.0 Å². The summed E-state index contributed by atoms with van der Waals surface area (Å²) in [6, 6.07) is 3.48. The third-order valence-corrected chi connectivity index (χ3v) is 3.68. The zero-order valence-corrected chi connectivity index (χ0v) is 10.7. The van der Waals surface area contributed by atoms with Gasteiger partial charge in [-0.3, -0.25) is 4.79 Å². The van der Waals surface area contributed by atoms with Crippen molar-refractivity contribution in [2.45, 2.75) is 26.2 Å². The fourth-order valence-corrected chi connectivity index (χ4v) is 2.67. The first-order chi connectivity index (χ1) is 7.54. The fraction of sp³-hybridized carbons (Fsp3) is 0.417. The highest BCUT2D eigenvalue weighted by Crippen LogP contribution is 2.43. The fourth-order valence-electron chi connectivity index (χ4n) is 2.11. The molecule has 86 valence electrons. The van der Waals surface area contributed by atoms with Gasteiger partial charge >= 0.3 is 0 Å². The number of nitrogens with one attached hydrogen (secondary N) is 1. The van der Waals surface area contributed by atoms with Crippen LogP contribution >= 0.6 is 23.2 Å². The molecule has 1 heterocycles. The largest absolute Gasteiger partial charge is 0.324 e. The van der Waals surface area contributed by atoms with Crippen molar-refractivity contribution < 1.29 is 4.79 Å². The minimum absolute atomic E-state index is 0.0218. The van der Waals surface area contributed by atoms with Crippen LogP contribution in [0.3, 0.4) is 0 Å². The Balaban J connectivity index is 2.52. The summed E-state index contributed by atoms with van der Waals surface area (Å²) in [6.07, 6.45) is 0.946. The first kappa shape index (κ1) is 11.7. The zero-order chi connectivity index (χ0) is 11.9. The molecule has 1 amide bonds. The molecule has 1 aromatic rings. The van der Waals surface area contributed by atoms with Crippen LogP contribution in [0, 0.1) is 5.92 Å². The Morgan fingerprint density at radius 2 is 2.12 bits per heavy atom.